The van der Waals surface area contributed by atoms with Gasteiger partial charge in [-0.2, -0.15) is 0 Å². The zero-order valence-electron chi connectivity index (χ0n) is 15.2. The number of carbonyl (C=O) groups is 1. The third-order valence-corrected chi connectivity index (χ3v) is 4.02. The standard InChI is InChI=1S/C20H26N2O3/c1-15(25-18-8-6-5-7-9-18)20(23)21-14-19(22(2)3)16-10-12-17(24-4)13-11-16/h5-13,15,19H,14H2,1-4H3,(H,21,23). The van der Waals surface area contributed by atoms with Crippen LogP contribution in [0.25, 0.3) is 0 Å². The first kappa shape index (κ1) is 18.8. The Bertz CT molecular complexity index is 656. The fraction of sp³-hybridized carbons (Fsp3) is 0.350. The van der Waals surface area contributed by atoms with Gasteiger partial charge >= 0.3 is 0 Å². The fourth-order valence-electron chi connectivity index (χ4n) is 2.52. The van der Waals surface area contributed by atoms with Gasteiger partial charge in [0.05, 0.1) is 13.2 Å². The molecule has 1 amide bonds. The predicted molar refractivity (Wildman–Crippen MR) is 99.0 cm³/mol. The highest BCUT2D eigenvalue weighted by molar-refractivity contribution is 5.80. The molecule has 0 saturated carbocycles. The highest BCUT2D eigenvalue weighted by Crippen LogP contribution is 2.20. The van der Waals surface area contributed by atoms with Crippen molar-refractivity contribution in [2.75, 3.05) is 27.7 Å². The van der Waals surface area contributed by atoms with Gasteiger partial charge in [-0.3, -0.25) is 4.79 Å². The van der Waals surface area contributed by atoms with Crippen LogP contribution in [0.1, 0.15) is 18.5 Å². The minimum atomic E-state index is -0.555. The molecule has 2 aromatic rings. The molecule has 0 aliphatic heterocycles. The van der Waals surface area contributed by atoms with Gasteiger partial charge in [0.2, 0.25) is 0 Å². The summed E-state index contributed by atoms with van der Waals surface area (Å²) < 4.78 is 10.9. The molecule has 2 atom stereocenters. The predicted octanol–water partition coefficient (Wildman–Crippen LogP) is 2.88. The number of para-hydroxylation sites is 1. The molecule has 0 spiro atoms. The molecule has 0 aliphatic carbocycles. The van der Waals surface area contributed by atoms with Crippen LogP contribution in [0.15, 0.2) is 54.6 Å². The van der Waals surface area contributed by atoms with E-state index in [0.717, 1.165) is 11.3 Å². The van der Waals surface area contributed by atoms with Crippen molar-refractivity contribution in [2.45, 2.75) is 19.1 Å². The van der Waals surface area contributed by atoms with Crippen LogP contribution in [0.3, 0.4) is 0 Å². The average molecular weight is 342 g/mol. The molecule has 2 rings (SSSR count). The van der Waals surface area contributed by atoms with Gasteiger partial charge in [0.1, 0.15) is 11.5 Å². The Morgan fingerprint density at radius 1 is 1.04 bits per heavy atom. The first-order valence-electron chi connectivity index (χ1n) is 8.31. The second-order valence-electron chi connectivity index (χ2n) is 6.07. The Kier molecular flexibility index (Phi) is 6.83. The van der Waals surface area contributed by atoms with E-state index in [1.165, 1.54) is 0 Å². The van der Waals surface area contributed by atoms with E-state index < -0.39 is 6.10 Å². The van der Waals surface area contributed by atoms with Crippen LogP contribution < -0.4 is 14.8 Å². The van der Waals surface area contributed by atoms with Gasteiger partial charge in [-0.15, -0.1) is 0 Å². The first-order valence-corrected chi connectivity index (χ1v) is 8.31. The van der Waals surface area contributed by atoms with E-state index in [1.807, 2.05) is 68.7 Å². The third kappa shape index (κ3) is 5.50. The normalized spacial score (nSPS) is 13.2. The minimum absolute atomic E-state index is 0.0683. The SMILES string of the molecule is COc1ccc(C(CNC(=O)C(C)Oc2ccccc2)N(C)C)cc1. The molecule has 0 aromatic heterocycles. The van der Waals surface area contributed by atoms with E-state index in [4.69, 9.17) is 9.47 Å². The van der Waals surface area contributed by atoms with Crippen molar-refractivity contribution >= 4 is 5.91 Å². The summed E-state index contributed by atoms with van der Waals surface area (Å²) in [4.78, 5) is 14.4. The van der Waals surface area contributed by atoms with Crippen LogP contribution in [-0.2, 0) is 4.79 Å². The largest absolute Gasteiger partial charge is 0.497 e. The highest BCUT2D eigenvalue weighted by Gasteiger charge is 2.19. The van der Waals surface area contributed by atoms with Crippen LogP contribution in [0.5, 0.6) is 11.5 Å². The summed E-state index contributed by atoms with van der Waals surface area (Å²) in [7, 11) is 5.63. The Morgan fingerprint density at radius 3 is 2.24 bits per heavy atom. The number of likely N-dealkylation sites (N-methyl/N-ethyl adjacent to an activating group) is 1. The molecule has 0 heterocycles. The smallest absolute Gasteiger partial charge is 0.260 e. The van der Waals surface area contributed by atoms with Crippen LogP contribution in [0.4, 0.5) is 0 Å². The zero-order valence-corrected chi connectivity index (χ0v) is 15.2. The number of methoxy groups -OCH3 is 1. The number of nitrogens with one attached hydrogen (secondary N) is 1. The molecule has 0 saturated heterocycles. The molecule has 1 N–H and O–H groups in total. The maximum absolute atomic E-state index is 12.3. The van der Waals surface area contributed by atoms with Gasteiger partial charge in [0.15, 0.2) is 6.10 Å². The molecule has 5 heteroatoms. The Balaban J connectivity index is 1.94. The van der Waals surface area contributed by atoms with Crippen molar-refractivity contribution < 1.29 is 14.3 Å². The Hall–Kier alpha value is -2.53. The lowest BCUT2D eigenvalue weighted by molar-refractivity contribution is -0.127. The number of benzene rings is 2. The van der Waals surface area contributed by atoms with Crippen molar-refractivity contribution in [3.05, 3.63) is 60.2 Å². The molecule has 0 radical (unpaired) electrons. The zero-order chi connectivity index (χ0) is 18.2. The highest BCUT2D eigenvalue weighted by atomic mass is 16.5. The monoisotopic (exact) mass is 342 g/mol. The average Bonchev–Trinajstić information content (AvgIpc) is 2.62. The maximum Gasteiger partial charge on any atom is 0.260 e. The lowest BCUT2D eigenvalue weighted by Crippen LogP contribution is -2.41. The molecule has 0 fully saturated rings. The summed E-state index contributed by atoms with van der Waals surface area (Å²) in [5.41, 5.74) is 1.11. The molecule has 0 aliphatic rings. The van der Waals surface area contributed by atoms with Crippen molar-refractivity contribution in [1.29, 1.82) is 0 Å². The summed E-state index contributed by atoms with van der Waals surface area (Å²) >= 11 is 0. The molecule has 2 unspecified atom stereocenters. The second kappa shape index (κ2) is 9.08. The fourth-order valence-corrected chi connectivity index (χ4v) is 2.52. The van der Waals surface area contributed by atoms with Gasteiger partial charge in [0.25, 0.3) is 5.91 Å². The number of carbonyl (C=O) groups excluding carboxylic acids is 1. The molecule has 0 bridgehead atoms. The van der Waals surface area contributed by atoms with Gasteiger partial charge in [-0.1, -0.05) is 30.3 Å². The van der Waals surface area contributed by atoms with Crippen LogP contribution in [0, 0.1) is 0 Å². The lowest BCUT2D eigenvalue weighted by Gasteiger charge is -2.26. The van der Waals surface area contributed by atoms with Crippen molar-refractivity contribution in [3.8, 4) is 11.5 Å². The third-order valence-electron chi connectivity index (χ3n) is 4.02. The summed E-state index contributed by atoms with van der Waals surface area (Å²) in [5, 5.41) is 2.97. The number of rotatable bonds is 8. The number of hydrogen-bond donors (Lipinski definition) is 1. The topological polar surface area (TPSA) is 50.8 Å². The number of hydrogen-bond acceptors (Lipinski definition) is 4. The molecule has 25 heavy (non-hydrogen) atoms. The summed E-state index contributed by atoms with van der Waals surface area (Å²) in [6.45, 7) is 2.25. The van der Waals surface area contributed by atoms with Gasteiger partial charge < -0.3 is 19.7 Å². The second-order valence-corrected chi connectivity index (χ2v) is 6.07. The van der Waals surface area contributed by atoms with Crippen LogP contribution in [0.2, 0.25) is 0 Å². The molecular formula is C20H26N2O3. The maximum atomic E-state index is 12.3. The molecular weight excluding hydrogens is 316 g/mol. The van der Waals surface area contributed by atoms with E-state index in [0.29, 0.717) is 12.3 Å². The van der Waals surface area contributed by atoms with E-state index in [9.17, 15) is 4.79 Å². The van der Waals surface area contributed by atoms with Crippen molar-refractivity contribution in [1.82, 2.24) is 10.2 Å². The van der Waals surface area contributed by atoms with E-state index >= 15 is 0 Å². The van der Waals surface area contributed by atoms with Gasteiger partial charge in [-0.25, -0.2) is 0 Å². The quantitative estimate of drug-likeness (QED) is 0.801. The van der Waals surface area contributed by atoms with Crippen LogP contribution >= 0.6 is 0 Å². The summed E-state index contributed by atoms with van der Waals surface area (Å²) in [5.74, 6) is 1.36. The van der Waals surface area contributed by atoms with Crippen molar-refractivity contribution in [2.24, 2.45) is 0 Å². The molecule has 5 nitrogen and oxygen atoms in total. The molecule has 2 aromatic carbocycles. The lowest BCUT2D eigenvalue weighted by atomic mass is 10.1. The Morgan fingerprint density at radius 2 is 1.68 bits per heavy atom. The number of nitrogens with zero attached hydrogens (tertiary/aromatic N) is 1. The van der Waals surface area contributed by atoms with Gasteiger partial charge in [-0.05, 0) is 50.8 Å². The van der Waals surface area contributed by atoms with E-state index in [-0.39, 0.29) is 11.9 Å². The first-order chi connectivity index (χ1) is 12.0. The van der Waals surface area contributed by atoms with Gasteiger partial charge in [0, 0.05) is 6.54 Å². The van der Waals surface area contributed by atoms with Crippen LogP contribution in [-0.4, -0.2) is 44.7 Å². The summed E-state index contributed by atoms with van der Waals surface area (Å²) in [6.07, 6.45) is -0.555. The summed E-state index contributed by atoms with van der Waals surface area (Å²) in [6, 6.07) is 17.3. The van der Waals surface area contributed by atoms with E-state index in [1.54, 1.807) is 14.0 Å². The minimum Gasteiger partial charge on any atom is -0.497 e. The van der Waals surface area contributed by atoms with Crippen molar-refractivity contribution in [3.63, 3.8) is 0 Å². The molecule has 134 valence electrons. The Labute approximate surface area is 149 Å². The number of amides is 1. The van der Waals surface area contributed by atoms with E-state index in [2.05, 4.69) is 10.2 Å². The number of ether oxygens (including phenoxy) is 2.